The fraction of sp³-hybridized carbons (Fsp3) is 0.167. The average Bonchev–Trinajstić information content (AvgIpc) is 3.10. The number of hydrogen-bond acceptors (Lipinski definition) is 5. The number of benzene rings is 2. The van der Waals surface area contributed by atoms with Gasteiger partial charge in [0.1, 0.15) is 23.9 Å². The van der Waals surface area contributed by atoms with E-state index in [-0.39, 0.29) is 41.5 Å². The van der Waals surface area contributed by atoms with Gasteiger partial charge in [-0.1, -0.05) is 0 Å². The summed E-state index contributed by atoms with van der Waals surface area (Å²) in [4.78, 5) is 11.8. The summed E-state index contributed by atoms with van der Waals surface area (Å²) in [5, 5.41) is 9.87. The largest absolute Gasteiger partial charge is 0.486 e. The first-order valence-electron chi connectivity index (χ1n) is 7.93. The third-order valence-electron chi connectivity index (χ3n) is 3.54. The van der Waals surface area contributed by atoms with Crippen molar-refractivity contribution in [1.29, 1.82) is 0 Å². The van der Waals surface area contributed by atoms with Gasteiger partial charge >= 0.3 is 5.97 Å². The molecule has 3 aromatic rings. The second-order valence-electron chi connectivity index (χ2n) is 5.45. The van der Waals surface area contributed by atoms with Crippen LogP contribution in [0.25, 0.3) is 11.3 Å². The number of rotatable bonds is 6. The van der Waals surface area contributed by atoms with Gasteiger partial charge in [-0.05, 0) is 42.8 Å². The third kappa shape index (κ3) is 4.25. The first-order chi connectivity index (χ1) is 13.0. The lowest BCUT2D eigenvalue weighted by Crippen LogP contribution is -2.07. The molecule has 0 atom stereocenters. The molecule has 0 bridgehead atoms. The maximum absolute atomic E-state index is 14.3. The first kappa shape index (κ1) is 18.4. The molecule has 1 N–H and O–H groups in total. The van der Waals surface area contributed by atoms with Gasteiger partial charge in [-0.2, -0.15) is 10.3 Å². The number of carbonyl (C=O) groups excluding carboxylic acids is 1. The van der Waals surface area contributed by atoms with E-state index in [9.17, 15) is 18.0 Å². The summed E-state index contributed by atoms with van der Waals surface area (Å²) in [6.07, 6.45) is 0. The Bertz CT molecular complexity index is 955. The summed E-state index contributed by atoms with van der Waals surface area (Å²) in [6, 6.07) is 6.84. The Labute approximate surface area is 151 Å². The number of ether oxygens (including phenoxy) is 2. The highest BCUT2D eigenvalue weighted by atomic mass is 19.1. The molecule has 1 aromatic heterocycles. The van der Waals surface area contributed by atoms with Gasteiger partial charge in [0.15, 0.2) is 17.3 Å². The molecule has 0 saturated heterocycles. The molecule has 1 heterocycles. The van der Waals surface area contributed by atoms with E-state index < -0.39 is 23.4 Å². The van der Waals surface area contributed by atoms with Gasteiger partial charge in [0.05, 0.1) is 6.61 Å². The van der Waals surface area contributed by atoms with Crippen LogP contribution in [0.5, 0.6) is 5.75 Å². The van der Waals surface area contributed by atoms with E-state index >= 15 is 0 Å². The lowest BCUT2D eigenvalue weighted by molar-refractivity contribution is 0.0520. The number of hydrogen-bond donors (Lipinski definition) is 1. The second kappa shape index (κ2) is 7.90. The van der Waals surface area contributed by atoms with E-state index in [0.29, 0.717) is 0 Å². The fourth-order valence-corrected chi connectivity index (χ4v) is 2.39. The number of aromatic amines is 1. The number of H-pyrrole nitrogens is 1. The highest BCUT2D eigenvalue weighted by molar-refractivity contribution is 5.93. The van der Waals surface area contributed by atoms with Crippen LogP contribution < -0.4 is 4.74 Å². The van der Waals surface area contributed by atoms with E-state index in [1.807, 2.05) is 0 Å². The highest BCUT2D eigenvalue weighted by Crippen LogP contribution is 2.27. The molecule has 2 aromatic carbocycles. The zero-order chi connectivity index (χ0) is 19.4. The summed E-state index contributed by atoms with van der Waals surface area (Å²) in [7, 11) is 0. The van der Waals surface area contributed by atoms with Crippen LogP contribution in [0.3, 0.4) is 0 Å². The number of esters is 1. The second-order valence-corrected chi connectivity index (χ2v) is 5.45. The summed E-state index contributed by atoms with van der Waals surface area (Å²) in [5.74, 6) is -3.04. The van der Waals surface area contributed by atoms with Gasteiger partial charge in [0.2, 0.25) is 0 Å². The maximum atomic E-state index is 14.3. The van der Waals surface area contributed by atoms with Gasteiger partial charge in [0, 0.05) is 11.6 Å². The van der Waals surface area contributed by atoms with Gasteiger partial charge in [-0.25, -0.2) is 18.0 Å². The SMILES string of the molecule is CCOC(=O)c1n[nH]nc1-c1ccc(OCc2cc(F)cc(F)c2)c(F)c1. The topological polar surface area (TPSA) is 77.1 Å². The summed E-state index contributed by atoms with van der Waals surface area (Å²) in [6.45, 7) is 1.59. The number of carbonyl (C=O) groups is 1. The van der Waals surface area contributed by atoms with Crippen LogP contribution in [0.1, 0.15) is 23.0 Å². The minimum Gasteiger partial charge on any atom is -0.486 e. The molecule has 0 saturated carbocycles. The predicted octanol–water partition coefficient (Wildman–Crippen LogP) is 3.64. The zero-order valence-corrected chi connectivity index (χ0v) is 14.1. The molecular weight excluding hydrogens is 363 g/mol. The van der Waals surface area contributed by atoms with E-state index in [1.54, 1.807) is 6.92 Å². The van der Waals surface area contributed by atoms with Crippen molar-refractivity contribution >= 4 is 5.97 Å². The lowest BCUT2D eigenvalue weighted by atomic mass is 10.1. The molecule has 0 fully saturated rings. The van der Waals surface area contributed by atoms with Crippen LogP contribution in [-0.4, -0.2) is 28.0 Å². The molecule has 0 aliphatic rings. The molecule has 6 nitrogen and oxygen atoms in total. The van der Waals surface area contributed by atoms with E-state index in [4.69, 9.17) is 9.47 Å². The zero-order valence-electron chi connectivity index (χ0n) is 14.1. The summed E-state index contributed by atoms with van der Waals surface area (Å²) < 4.78 is 50.8. The highest BCUT2D eigenvalue weighted by Gasteiger charge is 2.20. The van der Waals surface area contributed by atoms with Crippen molar-refractivity contribution in [3.05, 3.63) is 65.1 Å². The minimum atomic E-state index is -0.748. The molecule has 0 aliphatic carbocycles. The Kier molecular flexibility index (Phi) is 5.39. The van der Waals surface area contributed by atoms with Gasteiger partial charge in [-0.15, -0.1) is 5.10 Å². The third-order valence-corrected chi connectivity index (χ3v) is 3.54. The van der Waals surface area contributed by atoms with Crippen molar-refractivity contribution in [2.24, 2.45) is 0 Å². The number of halogens is 3. The minimum absolute atomic E-state index is 0.0693. The van der Waals surface area contributed by atoms with Crippen LogP contribution in [0.2, 0.25) is 0 Å². The van der Waals surface area contributed by atoms with Crippen LogP contribution in [-0.2, 0) is 11.3 Å². The molecule has 0 radical (unpaired) electrons. The maximum Gasteiger partial charge on any atom is 0.361 e. The van der Waals surface area contributed by atoms with Crippen molar-refractivity contribution in [1.82, 2.24) is 15.4 Å². The van der Waals surface area contributed by atoms with Crippen LogP contribution in [0, 0.1) is 17.5 Å². The van der Waals surface area contributed by atoms with Crippen molar-refractivity contribution in [3.8, 4) is 17.0 Å². The van der Waals surface area contributed by atoms with E-state index in [1.165, 1.54) is 12.1 Å². The van der Waals surface area contributed by atoms with E-state index in [2.05, 4.69) is 15.4 Å². The first-order valence-corrected chi connectivity index (χ1v) is 7.93. The van der Waals surface area contributed by atoms with Gasteiger partial charge in [0.25, 0.3) is 0 Å². The molecule has 140 valence electrons. The Morgan fingerprint density at radius 2 is 1.81 bits per heavy atom. The van der Waals surface area contributed by atoms with Gasteiger partial charge < -0.3 is 9.47 Å². The molecule has 0 spiro atoms. The Balaban J connectivity index is 1.78. The molecule has 9 heteroatoms. The van der Waals surface area contributed by atoms with Gasteiger partial charge in [-0.3, -0.25) is 0 Å². The van der Waals surface area contributed by atoms with Crippen LogP contribution in [0.15, 0.2) is 36.4 Å². The van der Waals surface area contributed by atoms with Crippen molar-refractivity contribution < 1.29 is 27.4 Å². The van der Waals surface area contributed by atoms with Crippen molar-refractivity contribution in [2.75, 3.05) is 6.61 Å². The number of nitrogens with zero attached hydrogens (tertiary/aromatic N) is 2. The van der Waals surface area contributed by atoms with E-state index in [0.717, 1.165) is 24.3 Å². The monoisotopic (exact) mass is 377 g/mol. The molecule has 3 rings (SSSR count). The standard InChI is InChI=1S/C18H14F3N3O3/c1-2-26-18(25)17-16(22-24-23-17)11-3-4-15(14(21)7-11)27-9-10-5-12(19)8-13(20)6-10/h3-8H,2,9H2,1H3,(H,22,23,24). The smallest absolute Gasteiger partial charge is 0.361 e. The molecule has 0 aliphatic heterocycles. The van der Waals surface area contributed by atoms with Crippen molar-refractivity contribution in [2.45, 2.75) is 13.5 Å². The predicted molar refractivity (Wildman–Crippen MR) is 88.4 cm³/mol. The normalized spacial score (nSPS) is 10.7. The Hall–Kier alpha value is -3.36. The lowest BCUT2D eigenvalue weighted by Gasteiger charge is -2.09. The fourth-order valence-electron chi connectivity index (χ4n) is 2.39. The summed E-state index contributed by atoms with van der Waals surface area (Å²) >= 11 is 0. The molecular formula is C18H14F3N3O3. The summed E-state index contributed by atoms with van der Waals surface area (Å²) in [5.41, 5.74) is 0.566. The van der Waals surface area contributed by atoms with Crippen LogP contribution in [0.4, 0.5) is 13.2 Å². The quantitative estimate of drug-likeness (QED) is 0.664. The Morgan fingerprint density at radius 1 is 1.07 bits per heavy atom. The molecule has 0 amide bonds. The molecule has 0 unspecified atom stereocenters. The number of aromatic nitrogens is 3. The number of nitrogens with one attached hydrogen (secondary N) is 1. The average molecular weight is 377 g/mol. The van der Waals surface area contributed by atoms with Crippen molar-refractivity contribution in [3.63, 3.8) is 0 Å². The van der Waals surface area contributed by atoms with Crippen LogP contribution >= 0.6 is 0 Å². The Morgan fingerprint density at radius 3 is 2.48 bits per heavy atom. The molecule has 27 heavy (non-hydrogen) atoms.